The van der Waals surface area contributed by atoms with Crippen LogP contribution < -0.4 is 14.8 Å². The summed E-state index contributed by atoms with van der Waals surface area (Å²) in [5, 5.41) is 3.48. The SMILES string of the molecule is COc1ccc(C(=O)CC(Nc2cccc(Br)c2)c2ccc(OC)cc2)cc1. The summed E-state index contributed by atoms with van der Waals surface area (Å²) in [4.78, 5) is 12.9. The van der Waals surface area contributed by atoms with Gasteiger partial charge >= 0.3 is 0 Å². The van der Waals surface area contributed by atoms with E-state index in [4.69, 9.17) is 9.47 Å². The monoisotopic (exact) mass is 439 g/mol. The molecule has 0 aliphatic heterocycles. The van der Waals surface area contributed by atoms with Gasteiger partial charge in [0.05, 0.1) is 20.3 Å². The predicted octanol–water partition coefficient (Wildman–Crippen LogP) is 5.89. The summed E-state index contributed by atoms with van der Waals surface area (Å²) in [6.45, 7) is 0. The van der Waals surface area contributed by atoms with E-state index >= 15 is 0 Å². The summed E-state index contributed by atoms with van der Waals surface area (Å²) in [5.41, 5.74) is 2.62. The maximum absolute atomic E-state index is 12.9. The van der Waals surface area contributed by atoms with Crippen molar-refractivity contribution in [3.8, 4) is 11.5 Å². The summed E-state index contributed by atoms with van der Waals surface area (Å²) in [7, 11) is 3.25. The third-order valence-corrected chi connectivity index (χ3v) is 4.98. The van der Waals surface area contributed by atoms with E-state index in [1.807, 2.05) is 48.5 Å². The van der Waals surface area contributed by atoms with Gasteiger partial charge in [-0.3, -0.25) is 4.79 Å². The minimum atomic E-state index is -0.171. The summed E-state index contributed by atoms with van der Waals surface area (Å²) in [6.07, 6.45) is 0.325. The van der Waals surface area contributed by atoms with E-state index in [0.717, 1.165) is 27.2 Å². The molecule has 0 spiro atoms. The lowest BCUT2D eigenvalue weighted by atomic mass is 9.97. The molecular formula is C23H22BrNO3. The molecule has 0 aliphatic carbocycles. The highest BCUT2D eigenvalue weighted by Crippen LogP contribution is 2.28. The van der Waals surface area contributed by atoms with Gasteiger partial charge in [0.25, 0.3) is 0 Å². The Bertz CT molecular complexity index is 923. The van der Waals surface area contributed by atoms with Crippen LogP contribution in [0, 0.1) is 0 Å². The molecule has 0 aliphatic rings. The molecule has 0 fully saturated rings. The quantitative estimate of drug-likeness (QED) is 0.444. The highest BCUT2D eigenvalue weighted by atomic mass is 79.9. The molecule has 0 aromatic heterocycles. The number of rotatable bonds is 8. The van der Waals surface area contributed by atoms with Crippen LogP contribution in [0.4, 0.5) is 5.69 Å². The maximum atomic E-state index is 12.9. The van der Waals surface area contributed by atoms with Crippen molar-refractivity contribution in [1.82, 2.24) is 0 Å². The molecule has 0 amide bonds. The van der Waals surface area contributed by atoms with Gasteiger partial charge in [-0.1, -0.05) is 34.1 Å². The molecule has 0 heterocycles. The largest absolute Gasteiger partial charge is 0.497 e. The zero-order chi connectivity index (χ0) is 19.9. The number of nitrogens with one attached hydrogen (secondary N) is 1. The second-order valence-electron chi connectivity index (χ2n) is 6.34. The first kappa shape index (κ1) is 20.0. The molecule has 1 N–H and O–H groups in total. The molecule has 3 aromatic rings. The highest BCUT2D eigenvalue weighted by molar-refractivity contribution is 9.10. The lowest BCUT2D eigenvalue weighted by Crippen LogP contribution is -2.16. The van der Waals surface area contributed by atoms with E-state index in [-0.39, 0.29) is 11.8 Å². The average Bonchev–Trinajstić information content (AvgIpc) is 2.73. The molecule has 0 radical (unpaired) electrons. The predicted molar refractivity (Wildman–Crippen MR) is 115 cm³/mol. The molecule has 144 valence electrons. The van der Waals surface area contributed by atoms with Gasteiger partial charge in [0.15, 0.2) is 5.78 Å². The number of ketones is 1. The van der Waals surface area contributed by atoms with Crippen LogP contribution in [0.3, 0.4) is 0 Å². The second kappa shape index (κ2) is 9.42. The first-order chi connectivity index (χ1) is 13.6. The van der Waals surface area contributed by atoms with Crippen molar-refractivity contribution < 1.29 is 14.3 Å². The number of anilines is 1. The second-order valence-corrected chi connectivity index (χ2v) is 7.25. The van der Waals surface area contributed by atoms with E-state index in [1.165, 1.54) is 0 Å². The maximum Gasteiger partial charge on any atom is 0.165 e. The summed E-state index contributed by atoms with van der Waals surface area (Å²) in [5.74, 6) is 1.58. The van der Waals surface area contributed by atoms with Crippen molar-refractivity contribution in [3.63, 3.8) is 0 Å². The van der Waals surface area contributed by atoms with E-state index in [0.29, 0.717) is 12.0 Å². The van der Waals surface area contributed by atoms with Gasteiger partial charge < -0.3 is 14.8 Å². The molecule has 0 bridgehead atoms. The number of ether oxygens (including phenoxy) is 2. The number of Topliss-reactive ketones (excluding diaryl/α,β-unsaturated/α-hetero) is 1. The Kier molecular flexibility index (Phi) is 6.71. The zero-order valence-electron chi connectivity index (χ0n) is 15.8. The fourth-order valence-corrected chi connectivity index (χ4v) is 3.35. The van der Waals surface area contributed by atoms with Gasteiger partial charge in [-0.15, -0.1) is 0 Å². The van der Waals surface area contributed by atoms with Crippen LogP contribution in [0.2, 0.25) is 0 Å². The van der Waals surface area contributed by atoms with Crippen LogP contribution >= 0.6 is 15.9 Å². The van der Waals surface area contributed by atoms with Gasteiger partial charge in [0.1, 0.15) is 11.5 Å². The summed E-state index contributed by atoms with van der Waals surface area (Å²) < 4.78 is 11.4. The van der Waals surface area contributed by atoms with Crippen LogP contribution in [0.5, 0.6) is 11.5 Å². The van der Waals surface area contributed by atoms with Crippen molar-refractivity contribution in [2.24, 2.45) is 0 Å². The van der Waals surface area contributed by atoms with E-state index in [2.05, 4.69) is 21.2 Å². The molecule has 28 heavy (non-hydrogen) atoms. The van der Waals surface area contributed by atoms with Gasteiger partial charge in [0, 0.05) is 22.1 Å². The lowest BCUT2D eigenvalue weighted by molar-refractivity contribution is 0.0976. The van der Waals surface area contributed by atoms with Crippen molar-refractivity contribution in [2.75, 3.05) is 19.5 Å². The topological polar surface area (TPSA) is 47.6 Å². The standard InChI is InChI=1S/C23H22BrNO3/c1-27-20-10-6-16(7-11-20)22(25-19-5-3-4-18(24)14-19)15-23(26)17-8-12-21(28-2)13-9-17/h3-14,22,25H,15H2,1-2H3. The molecule has 0 saturated heterocycles. The zero-order valence-corrected chi connectivity index (χ0v) is 17.4. The highest BCUT2D eigenvalue weighted by Gasteiger charge is 2.18. The third-order valence-electron chi connectivity index (χ3n) is 4.49. The van der Waals surface area contributed by atoms with Crippen molar-refractivity contribution >= 4 is 27.4 Å². The Morgan fingerprint density at radius 3 is 2.11 bits per heavy atom. The molecular weight excluding hydrogens is 418 g/mol. The van der Waals surface area contributed by atoms with Gasteiger partial charge in [0.2, 0.25) is 0 Å². The Labute approximate surface area is 173 Å². The number of halogens is 1. The number of methoxy groups -OCH3 is 2. The number of hydrogen-bond acceptors (Lipinski definition) is 4. The number of benzene rings is 3. The molecule has 1 unspecified atom stereocenters. The molecule has 3 rings (SSSR count). The third kappa shape index (κ3) is 5.14. The number of hydrogen-bond donors (Lipinski definition) is 1. The van der Waals surface area contributed by atoms with E-state index in [1.54, 1.807) is 38.5 Å². The Morgan fingerprint density at radius 2 is 1.54 bits per heavy atom. The van der Waals surface area contributed by atoms with E-state index in [9.17, 15) is 4.79 Å². The van der Waals surface area contributed by atoms with E-state index < -0.39 is 0 Å². The Hall–Kier alpha value is -2.79. The minimum Gasteiger partial charge on any atom is -0.497 e. The number of carbonyl (C=O) groups excluding carboxylic acids is 1. The lowest BCUT2D eigenvalue weighted by Gasteiger charge is -2.20. The fourth-order valence-electron chi connectivity index (χ4n) is 2.95. The van der Waals surface area contributed by atoms with Crippen LogP contribution in [0.25, 0.3) is 0 Å². The molecule has 1 atom stereocenters. The Morgan fingerprint density at radius 1 is 0.929 bits per heavy atom. The smallest absolute Gasteiger partial charge is 0.165 e. The van der Waals surface area contributed by atoms with Gasteiger partial charge in [-0.25, -0.2) is 0 Å². The molecule has 4 nitrogen and oxygen atoms in total. The first-order valence-corrected chi connectivity index (χ1v) is 9.71. The Balaban J connectivity index is 1.84. The summed E-state index contributed by atoms with van der Waals surface area (Å²) >= 11 is 3.49. The molecule has 0 saturated carbocycles. The van der Waals surface area contributed by atoms with Crippen molar-refractivity contribution in [1.29, 1.82) is 0 Å². The van der Waals surface area contributed by atoms with Gasteiger partial charge in [-0.2, -0.15) is 0 Å². The normalized spacial score (nSPS) is 11.5. The number of carbonyl (C=O) groups is 1. The van der Waals surface area contributed by atoms with Crippen molar-refractivity contribution in [3.05, 3.63) is 88.4 Å². The van der Waals surface area contributed by atoms with Gasteiger partial charge in [-0.05, 0) is 60.2 Å². The van der Waals surface area contributed by atoms with Crippen molar-refractivity contribution in [2.45, 2.75) is 12.5 Å². The molecule has 5 heteroatoms. The van der Waals surface area contributed by atoms with Crippen LogP contribution in [-0.2, 0) is 0 Å². The molecule has 3 aromatic carbocycles. The minimum absolute atomic E-state index is 0.0611. The first-order valence-electron chi connectivity index (χ1n) is 8.92. The average molecular weight is 440 g/mol. The van der Waals surface area contributed by atoms with Crippen LogP contribution in [0.15, 0.2) is 77.3 Å². The van der Waals surface area contributed by atoms with Crippen LogP contribution in [-0.4, -0.2) is 20.0 Å². The summed E-state index contributed by atoms with van der Waals surface area (Å²) in [6, 6.07) is 22.7. The van der Waals surface area contributed by atoms with Crippen LogP contribution in [0.1, 0.15) is 28.4 Å². The fraction of sp³-hybridized carbons (Fsp3) is 0.174.